The van der Waals surface area contributed by atoms with E-state index in [2.05, 4.69) is 48.2 Å². The highest BCUT2D eigenvalue weighted by Gasteiger charge is 2.40. The molecule has 124 valence electrons. The van der Waals surface area contributed by atoms with Gasteiger partial charge >= 0.3 is 0 Å². The fraction of sp³-hybridized carbons (Fsp3) is 0.273. The van der Waals surface area contributed by atoms with Crippen LogP contribution in [0.1, 0.15) is 30.5 Å². The summed E-state index contributed by atoms with van der Waals surface area (Å²) in [6.07, 6.45) is 0.638. The van der Waals surface area contributed by atoms with Gasteiger partial charge in [0.05, 0.1) is 6.04 Å². The highest BCUT2D eigenvalue weighted by molar-refractivity contribution is 5.86. The molecule has 3 rings (SSSR count). The van der Waals surface area contributed by atoms with Gasteiger partial charge in [-0.15, -0.1) is 0 Å². The van der Waals surface area contributed by atoms with E-state index in [4.69, 9.17) is 0 Å². The zero-order valence-corrected chi connectivity index (χ0v) is 14.6. The second-order valence-electron chi connectivity index (χ2n) is 6.58. The molecule has 3 aromatic rings. The molecule has 0 saturated heterocycles. The van der Waals surface area contributed by atoms with Crippen molar-refractivity contribution in [1.82, 2.24) is 4.90 Å². The molecule has 0 fully saturated rings. The minimum atomic E-state index is -0.967. The Hall–Kier alpha value is -2.16. The van der Waals surface area contributed by atoms with E-state index in [0.29, 0.717) is 6.42 Å². The van der Waals surface area contributed by atoms with E-state index in [0.717, 1.165) is 21.9 Å². The number of aliphatic hydroxyl groups is 1. The Labute approximate surface area is 144 Å². The molecule has 3 aromatic carbocycles. The molecule has 0 bridgehead atoms. The van der Waals surface area contributed by atoms with Crippen LogP contribution in [0, 0.1) is 0 Å². The molecule has 1 N–H and O–H groups in total. The zero-order chi connectivity index (χ0) is 17.2. The number of rotatable bonds is 5. The SMILES string of the molecule is CCC(O)(c1cccc2ccccc12)C(c1ccccc1)N(C)C. The third-order valence-corrected chi connectivity index (χ3v) is 4.88. The predicted molar refractivity (Wildman–Crippen MR) is 101 cm³/mol. The second-order valence-corrected chi connectivity index (χ2v) is 6.58. The van der Waals surface area contributed by atoms with Gasteiger partial charge in [0.1, 0.15) is 5.60 Å². The van der Waals surface area contributed by atoms with Crippen LogP contribution < -0.4 is 0 Å². The van der Waals surface area contributed by atoms with Crippen molar-refractivity contribution in [2.75, 3.05) is 14.1 Å². The van der Waals surface area contributed by atoms with Crippen LogP contribution in [0.2, 0.25) is 0 Å². The normalized spacial score (nSPS) is 15.4. The number of fused-ring (bicyclic) bond motifs is 1. The lowest BCUT2D eigenvalue weighted by atomic mass is 9.78. The highest BCUT2D eigenvalue weighted by atomic mass is 16.3. The second kappa shape index (κ2) is 6.76. The first-order valence-corrected chi connectivity index (χ1v) is 8.50. The summed E-state index contributed by atoms with van der Waals surface area (Å²) in [4.78, 5) is 2.11. The Morgan fingerprint density at radius 3 is 2.17 bits per heavy atom. The van der Waals surface area contributed by atoms with E-state index in [-0.39, 0.29) is 6.04 Å². The third kappa shape index (κ3) is 2.83. The Morgan fingerprint density at radius 2 is 1.50 bits per heavy atom. The molecular weight excluding hydrogens is 294 g/mol. The lowest BCUT2D eigenvalue weighted by molar-refractivity contribution is -0.0429. The lowest BCUT2D eigenvalue weighted by Gasteiger charge is -2.41. The van der Waals surface area contributed by atoms with Gasteiger partial charge < -0.3 is 5.11 Å². The van der Waals surface area contributed by atoms with Crippen molar-refractivity contribution in [3.05, 3.63) is 83.9 Å². The molecule has 0 aliphatic carbocycles. The van der Waals surface area contributed by atoms with E-state index in [1.807, 2.05) is 50.5 Å². The summed E-state index contributed by atoms with van der Waals surface area (Å²) in [6, 6.07) is 24.6. The van der Waals surface area contributed by atoms with Crippen LogP contribution in [0.3, 0.4) is 0 Å². The summed E-state index contributed by atoms with van der Waals surface area (Å²) in [7, 11) is 4.06. The predicted octanol–water partition coefficient (Wildman–Crippen LogP) is 4.74. The Bertz CT molecular complexity index is 807. The number of benzene rings is 3. The van der Waals surface area contributed by atoms with E-state index in [9.17, 15) is 5.11 Å². The average molecular weight is 319 g/mol. The number of likely N-dealkylation sites (N-methyl/N-ethyl adjacent to an activating group) is 1. The van der Waals surface area contributed by atoms with Gasteiger partial charge in [-0.1, -0.05) is 79.7 Å². The number of nitrogens with zero attached hydrogens (tertiary/aromatic N) is 1. The van der Waals surface area contributed by atoms with Crippen LogP contribution in [0.5, 0.6) is 0 Å². The maximum absolute atomic E-state index is 11.8. The molecule has 2 heteroatoms. The first kappa shape index (κ1) is 16.7. The van der Waals surface area contributed by atoms with Gasteiger partial charge in [0.25, 0.3) is 0 Å². The van der Waals surface area contributed by atoms with Crippen LogP contribution in [0.15, 0.2) is 72.8 Å². The van der Waals surface area contributed by atoms with Crippen LogP contribution in [-0.2, 0) is 5.60 Å². The minimum absolute atomic E-state index is 0.116. The van der Waals surface area contributed by atoms with Crippen molar-refractivity contribution < 1.29 is 5.11 Å². The zero-order valence-electron chi connectivity index (χ0n) is 14.6. The first-order valence-electron chi connectivity index (χ1n) is 8.50. The molecule has 2 atom stereocenters. The van der Waals surface area contributed by atoms with Crippen molar-refractivity contribution in [2.24, 2.45) is 0 Å². The van der Waals surface area contributed by atoms with Crippen molar-refractivity contribution in [3.63, 3.8) is 0 Å². The van der Waals surface area contributed by atoms with Crippen LogP contribution in [-0.4, -0.2) is 24.1 Å². The van der Waals surface area contributed by atoms with Crippen molar-refractivity contribution in [1.29, 1.82) is 0 Å². The molecule has 2 unspecified atom stereocenters. The Morgan fingerprint density at radius 1 is 0.875 bits per heavy atom. The summed E-state index contributed by atoms with van der Waals surface area (Å²) in [5, 5.41) is 14.1. The molecule has 0 heterocycles. The molecule has 0 spiro atoms. The molecule has 0 amide bonds. The number of hydrogen-bond donors (Lipinski definition) is 1. The minimum Gasteiger partial charge on any atom is -0.383 e. The van der Waals surface area contributed by atoms with E-state index < -0.39 is 5.60 Å². The topological polar surface area (TPSA) is 23.5 Å². The molecule has 24 heavy (non-hydrogen) atoms. The summed E-state index contributed by atoms with van der Waals surface area (Å²) < 4.78 is 0. The van der Waals surface area contributed by atoms with Crippen LogP contribution in [0.4, 0.5) is 0 Å². The lowest BCUT2D eigenvalue weighted by Crippen LogP contribution is -2.41. The Balaban J connectivity index is 2.23. The summed E-state index contributed by atoms with van der Waals surface area (Å²) in [6.45, 7) is 2.06. The molecular formula is C22H25NO. The molecule has 2 nitrogen and oxygen atoms in total. The maximum atomic E-state index is 11.8. The van der Waals surface area contributed by atoms with Gasteiger partial charge in [0.2, 0.25) is 0 Å². The largest absolute Gasteiger partial charge is 0.383 e. The average Bonchev–Trinajstić information content (AvgIpc) is 2.61. The van der Waals surface area contributed by atoms with Gasteiger partial charge in [0.15, 0.2) is 0 Å². The van der Waals surface area contributed by atoms with Crippen LogP contribution in [0.25, 0.3) is 10.8 Å². The van der Waals surface area contributed by atoms with Crippen molar-refractivity contribution >= 4 is 10.8 Å². The van der Waals surface area contributed by atoms with Gasteiger partial charge in [-0.3, -0.25) is 4.90 Å². The van der Waals surface area contributed by atoms with Gasteiger partial charge in [-0.05, 0) is 42.4 Å². The van der Waals surface area contributed by atoms with E-state index in [1.54, 1.807) is 0 Å². The Kier molecular flexibility index (Phi) is 4.70. The van der Waals surface area contributed by atoms with Crippen molar-refractivity contribution in [2.45, 2.75) is 25.0 Å². The quantitative estimate of drug-likeness (QED) is 0.734. The maximum Gasteiger partial charge on any atom is 0.110 e. The number of hydrogen-bond acceptors (Lipinski definition) is 2. The van der Waals surface area contributed by atoms with Gasteiger partial charge in [-0.2, -0.15) is 0 Å². The molecule has 0 aromatic heterocycles. The van der Waals surface area contributed by atoms with Crippen LogP contribution >= 0.6 is 0 Å². The third-order valence-electron chi connectivity index (χ3n) is 4.88. The first-order chi connectivity index (χ1) is 11.6. The standard InChI is InChI=1S/C22H25NO/c1-4-22(24,21(23(2)3)18-12-6-5-7-13-18)20-16-10-14-17-11-8-9-15-19(17)20/h5-16,21,24H,4H2,1-3H3. The molecule has 0 aliphatic rings. The fourth-order valence-corrected chi connectivity index (χ4v) is 3.77. The van der Waals surface area contributed by atoms with E-state index >= 15 is 0 Å². The van der Waals surface area contributed by atoms with Gasteiger partial charge in [0, 0.05) is 0 Å². The summed E-state index contributed by atoms with van der Waals surface area (Å²) >= 11 is 0. The monoisotopic (exact) mass is 319 g/mol. The van der Waals surface area contributed by atoms with E-state index in [1.165, 1.54) is 0 Å². The smallest absolute Gasteiger partial charge is 0.110 e. The summed E-state index contributed by atoms with van der Waals surface area (Å²) in [5.41, 5.74) is 1.15. The highest BCUT2D eigenvalue weighted by Crippen LogP contribution is 2.43. The summed E-state index contributed by atoms with van der Waals surface area (Å²) in [5.74, 6) is 0. The van der Waals surface area contributed by atoms with Gasteiger partial charge in [-0.25, -0.2) is 0 Å². The molecule has 0 aliphatic heterocycles. The molecule has 0 saturated carbocycles. The van der Waals surface area contributed by atoms with Crippen molar-refractivity contribution in [3.8, 4) is 0 Å². The molecule has 0 radical (unpaired) electrons. The fourth-order valence-electron chi connectivity index (χ4n) is 3.77.